The standard InChI is InChI=1S/C25H22F2N2O6/c26-15-3-5-17(18(27)11-15)21-13-28-23(33-21)7-8-24(31)32-14-22(30)29-16-4-6-19-20(12-16)35-25(34-19)9-1-2-10-25/h3-6,11-13H,1-2,7-10,14H2,(H,29,30). The van der Waals surface area contributed by atoms with E-state index in [9.17, 15) is 18.4 Å². The monoisotopic (exact) mass is 484 g/mol. The van der Waals surface area contributed by atoms with Crippen LogP contribution in [0.2, 0.25) is 0 Å². The summed E-state index contributed by atoms with van der Waals surface area (Å²) in [5.41, 5.74) is 0.565. The number of fused-ring (bicyclic) bond motifs is 1. The predicted molar refractivity (Wildman–Crippen MR) is 119 cm³/mol. The number of aromatic nitrogens is 1. The van der Waals surface area contributed by atoms with Gasteiger partial charge in [0.05, 0.1) is 18.2 Å². The van der Waals surface area contributed by atoms with Gasteiger partial charge in [-0.3, -0.25) is 9.59 Å². The topological polar surface area (TPSA) is 99.9 Å². The van der Waals surface area contributed by atoms with Gasteiger partial charge in [-0.05, 0) is 37.1 Å². The molecule has 1 aromatic heterocycles. The Labute approximate surface area is 199 Å². The number of benzene rings is 2. The second kappa shape index (κ2) is 9.36. The first-order valence-electron chi connectivity index (χ1n) is 11.3. The molecule has 8 nitrogen and oxygen atoms in total. The molecule has 0 saturated heterocycles. The molecule has 2 aromatic carbocycles. The number of hydrogen-bond acceptors (Lipinski definition) is 7. The third kappa shape index (κ3) is 5.11. The van der Waals surface area contributed by atoms with Crippen LogP contribution in [0.1, 0.15) is 38.0 Å². The highest BCUT2D eigenvalue weighted by molar-refractivity contribution is 5.93. The number of ether oxygens (including phenoxy) is 3. The number of halogens is 2. The number of carbonyl (C=O) groups excluding carboxylic acids is 2. The van der Waals surface area contributed by atoms with E-state index in [0.29, 0.717) is 17.2 Å². The molecule has 3 aromatic rings. The first-order chi connectivity index (χ1) is 16.9. The van der Waals surface area contributed by atoms with Crippen molar-refractivity contribution in [2.24, 2.45) is 0 Å². The van der Waals surface area contributed by atoms with Crippen molar-refractivity contribution in [2.75, 3.05) is 11.9 Å². The van der Waals surface area contributed by atoms with Crippen molar-refractivity contribution in [1.29, 1.82) is 0 Å². The first kappa shape index (κ1) is 22.8. The number of esters is 1. The third-order valence-corrected chi connectivity index (χ3v) is 5.84. The molecule has 5 rings (SSSR count). The molecule has 1 N–H and O–H groups in total. The van der Waals surface area contributed by atoms with E-state index in [0.717, 1.165) is 37.8 Å². The third-order valence-electron chi connectivity index (χ3n) is 5.84. The molecule has 1 saturated carbocycles. The summed E-state index contributed by atoms with van der Waals surface area (Å²) in [7, 11) is 0. The summed E-state index contributed by atoms with van der Waals surface area (Å²) in [5.74, 6) is -1.66. The van der Waals surface area contributed by atoms with Gasteiger partial charge in [0.25, 0.3) is 11.7 Å². The minimum Gasteiger partial charge on any atom is -0.456 e. The van der Waals surface area contributed by atoms with Crippen LogP contribution >= 0.6 is 0 Å². The van der Waals surface area contributed by atoms with Gasteiger partial charge in [0.2, 0.25) is 0 Å². The van der Waals surface area contributed by atoms with Crippen molar-refractivity contribution in [3.63, 3.8) is 0 Å². The largest absolute Gasteiger partial charge is 0.456 e. The maximum absolute atomic E-state index is 13.9. The Balaban J connectivity index is 1.08. The zero-order valence-corrected chi connectivity index (χ0v) is 18.6. The van der Waals surface area contributed by atoms with Crippen LogP contribution in [0.3, 0.4) is 0 Å². The van der Waals surface area contributed by atoms with Crippen LogP contribution in [0.5, 0.6) is 11.5 Å². The summed E-state index contributed by atoms with van der Waals surface area (Å²) in [6.07, 6.45) is 5.05. The lowest BCUT2D eigenvalue weighted by atomic mass is 10.2. The second-order valence-corrected chi connectivity index (χ2v) is 8.43. The molecule has 0 radical (unpaired) electrons. The van der Waals surface area contributed by atoms with Crippen molar-refractivity contribution < 1.29 is 37.0 Å². The lowest BCUT2D eigenvalue weighted by Gasteiger charge is -2.21. The number of carbonyl (C=O) groups is 2. The lowest BCUT2D eigenvalue weighted by Crippen LogP contribution is -2.34. The number of nitrogens with one attached hydrogen (secondary N) is 1. The fraction of sp³-hybridized carbons (Fsp3) is 0.320. The van der Waals surface area contributed by atoms with Crippen molar-refractivity contribution in [1.82, 2.24) is 4.98 Å². The van der Waals surface area contributed by atoms with E-state index >= 15 is 0 Å². The molecule has 1 fully saturated rings. The van der Waals surface area contributed by atoms with E-state index in [2.05, 4.69) is 10.3 Å². The first-order valence-corrected chi connectivity index (χ1v) is 11.3. The van der Waals surface area contributed by atoms with E-state index in [4.69, 9.17) is 18.6 Å². The SMILES string of the molecule is O=C(COC(=O)CCc1ncc(-c2ccc(F)cc2F)o1)Nc1ccc2c(c1)OC1(CCCC1)O2. The molecule has 1 aliphatic heterocycles. The van der Waals surface area contributed by atoms with Gasteiger partial charge < -0.3 is 23.9 Å². The Morgan fingerprint density at radius 3 is 2.66 bits per heavy atom. The van der Waals surface area contributed by atoms with Crippen molar-refractivity contribution >= 4 is 17.6 Å². The van der Waals surface area contributed by atoms with Gasteiger partial charge in [0.1, 0.15) is 11.6 Å². The summed E-state index contributed by atoms with van der Waals surface area (Å²) in [6, 6.07) is 8.22. The van der Waals surface area contributed by atoms with Crippen LogP contribution in [0.15, 0.2) is 47.0 Å². The molecule has 35 heavy (non-hydrogen) atoms. The van der Waals surface area contributed by atoms with E-state index in [-0.39, 0.29) is 30.1 Å². The zero-order chi connectivity index (χ0) is 24.4. The number of rotatable bonds is 7. The minimum absolute atomic E-state index is 0.0614. The Hall–Kier alpha value is -3.95. The van der Waals surface area contributed by atoms with E-state index in [1.165, 1.54) is 12.3 Å². The van der Waals surface area contributed by atoms with Crippen LogP contribution in [0.4, 0.5) is 14.5 Å². The molecule has 2 aliphatic rings. The van der Waals surface area contributed by atoms with Crippen LogP contribution < -0.4 is 14.8 Å². The molecule has 2 heterocycles. The molecular formula is C25H22F2N2O6. The van der Waals surface area contributed by atoms with Gasteiger partial charge in [0.15, 0.2) is 29.8 Å². The van der Waals surface area contributed by atoms with Crippen molar-refractivity contribution in [2.45, 2.75) is 44.3 Å². The Kier molecular flexibility index (Phi) is 6.10. The molecule has 10 heteroatoms. The van der Waals surface area contributed by atoms with Crippen LogP contribution in [-0.2, 0) is 20.7 Å². The van der Waals surface area contributed by atoms with Gasteiger partial charge in [0, 0.05) is 37.1 Å². The molecule has 182 valence electrons. The fourth-order valence-electron chi connectivity index (χ4n) is 4.15. The molecule has 0 atom stereocenters. The smallest absolute Gasteiger partial charge is 0.306 e. The summed E-state index contributed by atoms with van der Waals surface area (Å²) in [5, 5.41) is 2.67. The fourth-order valence-corrected chi connectivity index (χ4v) is 4.15. The molecule has 0 unspecified atom stereocenters. The van der Waals surface area contributed by atoms with Crippen molar-refractivity contribution in [3.05, 3.63) is 60.1 Å². The van der Waals surface area contributed by atoms with Gasteiger partial charge in [-0.25, -0.2) is 13.8 Å². The van der Waals surface area contributed by atoms with E-state index in [1.54, 1.807) is 18.2 Å². The summed E-state index contributed by atoms with van der Waals surface area (Å²) >= 11 is 0. The summed E-state index contributed by atoms with van der Waals surface area (Å²) in [6.45, 7) is -0.463. The molecule has 1 spiro atoms. The molecule has 0 bridgehead atoms. The van der Waals surface area contributed by atoms with Crippen LogP contribution in [-0.4, -0.2) is 29.3 Å². The Morgan fingerprint density at radius 2 is 1.86 bits per heavy atom. The highest BCUT2D eigenvalue weighted by atomic mass is 19.1. The number of nitrogens with zero attached hydrogens (tertiary/aromatic N) is 1. The average molecular weight is 484 g/mol. The Morgan fingerprint density at radius 1 is 1.06 bits per heavy atom. The molecular weight excluding hydrogens is 462 g/mol. The summed E-state index contributed by atoms with van der Waals surface area (Å²) < 4.78 is 49.3. The lowest BCUT2D eigenvalue weighted by molar-refractivity contribution is -0.147. The van der Waals surface area contributed by atoms with E-state index in [1.807, 2.05) is 0 Å². The Bertz CT molecular complexity index is 1270. The van der Waals surface area contributed by atoms with Gasteiger partial charge in [-0.15, -0.1) is 0 Å². The predicted octanol–water partition coefficient (Wildman–Crippen LogP) is 4.78. The zero-order valence-electron chi connectivity index (χ0n) is 18.6. The average Bonchev–Trinajstić information content (AvgIpc) is 3.56. The normalized spacial score (nSPS) is 15.4. The highest BCUT2D eigenvalue weighted by Crippen LogP contribution is 2.47. The van der Waals surface area contributed by atoms with Gasteiger partial charge in [-0.1, -0.05) is 0 Å². The highest BCUT2D eigenvalue weighted by Gasteiger charge is 2.44. The maximum Gasteiger partial charge on any atom is 0.306 e. The van der Waals surface area contributed by atoms with Gasteiger partial charge in [-0.2, -0.15) is 0 Å². The van der Waals surface area contributed by atoms with Crippen LogP contribution in [0.25, 0.3) is 11.3 Å². The number of oxazole rings is 1. The summed E-state index contributed by atoms with van der Waals surface area (Å²) in [4.78, 5) is 28.2. The second-order valence-electron chi connectivity index (χ2n) is 8.43. The van der Waals surface area contributed by atoms with Crippen LogP contribution in [0, 0.1) is 11.6 Å². The molecule has 1 aliphatic carbocycles. The van der Waals surface area contributed by atoms with E-state index < -0.39 is 35.9 Å². The maximum atomic E-state index is 13.9. The number of amides is 1. The number of aryl methyl sites for hydroxylation is 1. The molecule has 1 amide bonds. The minimum atomic E-state index is -0.779. The quantitative estimate of drug-likeness (QED) is 0.482. The number of anilines is 1. The van der Waals surface area contributed by atoms with Crippen molar-refractivity contribution in [3.8, 4) is 22.8 Å². The number of hydrogen-bond donors (Lipinski definition) is 1. The van der Waals surface area contributed by atoms with Gasteiger partial charge >= 0.3 is 5.97 Å².